The van der Waals surface area contributed by atoms with Crippen LogP contribution in [0, 0.1) is 20.8 Å². The maximum atomic E-state index is 10.1. The number of aryl methyl sites for hydroxylation is 4. The lowest BCUT2D eigenvalue weighted by atomic mass is 10.1. The van der Waals surface area contributed by atoms with Crippen molar-refractivity contribution in [3.8, 4) is 5.75 Å². The van der Waals surface area contributed by atoms with E-state index in [0.29, 0.717) is 13.1 Å². The van der Waals surface area contributed by atoms with Gasteiger partial charge in [-0.05, 0) is 73.2 Å². The van der Waals surface area contributed by atoms with Gasteiger partial charge in [-0.25, -0.2) is 0 Å². The summed E-state index contributed by atoms with van der Waals surface area (Å²) in [5.74, 6) is 0.282. The fraction of sp³-hybridized carbons (Fsp3) is 0.242. The van der Waals surface area contributed by atoms with Crippen molar-refractivity contribution in [2.75, 3.05) is 0 Å². The van der Waals surface area contributed by atoms with Crippen LogP contribution in [0.5, 0.6) is 5.75 Å². The second-order valence-electron chi connectivity index (χ2n) is 9.65. The van der Waals surface area contributed by atoms with Crippen molar-refractivity contribution in [2.24, 2.45) is 4.99 Å². The highest BCUT2D eigenvalue weighted by atomic mass is 32.2. The third-order valence-electron chi connectivity index (χ3n) is 6.38. The van der Waals surface area contributed by atoms with E-state index in [2.05, 4.69) is 105 Å². The summed E-state index contributed by atoms with van der Waals surface area (Å²) in [4.78, 5) is 8.74. The van der Waals surface area contributed by atoms with Gasteiger partial charge in [0.25, 0.3) is 0 Å². The van der Waals surface area contributed by atoms with E-state index in [-0.39, 0.29) is 5.75 Å². The first-order valence-corrected chi connectivity index (χ1v) is 13.7. The van der Waals surface area contributed by atoms with E-state index >= 15 is 0 Å². The normalized spacial score (nSPS) is 11.5. The van der Waals surface area contributed by atoms with Gasteiger partial charge in [0.1, 0.15) is 5.75 Å². The van der Waals surface area contributed by atoms with Crippen LogP contribution in [0.2, 0.25) is 0 Å². The maximum absolute atomic E-state index is 10.1. The summed E-state index contributed by atoms with van der Waals surface area (Å²) in [5.41, 5.74) is 8.57. The highest BCUT2D eigenvalue weighted by molar-refractivity contribution is 8.13. The molecule has 0 atom stereocenters. The Hall–Kier alpha value is -3.50. The molecule has 4 rings (SSSR count). The molecule has 0 saturated carbocycles. The number of rotatable bonds is 8. The van der Waals surface area contributed by atoms with E-state index in [1.54, 1.807) is 17.8 Å². The van der Waals surface area contributed by atoms with Gasteiger partial charge in [0, 0.05) is 18.0 Å². The Morgan fingerprint density at radius 3 is 2.14 bits per heavy atom. The molecule has 0 aliphatic rings. The number of aliphatic imine (C=N–C) groups is 1. The molecule has 0 saturated heterocycles. The Balaban J connectivity index is 1.73. The predicted molar refractivity (Wildman–Crippen MR) is 157 cm³/mol. The van der Waals surface area contributed by atoms with Gasteiger partial charge in [-0.2, -0.15) is 0 Å². The van der Waals surface area contributed by atoms with Crippen LogP contribution >= 0.6 is 11.8 Å². The summed E-state index contributed by atoms with van der Waals surface area (Å²) in [5, 5.41) is 11.1. The smallest absolute Gasteiger partial charge is 0.165 e. The molecule has 4 aromatic carbocycles. The minimum atomic E-state index is 0.282. The van der Waals surface area contributed by atoms with E-state index in [4.69, 9.17) is 4.99 Å². The maximum Gasteiger partial charge on any atom is 0.165 e. The highest BCUT2D eigenvalue weighted by Crippen LogP contribution is 2.29. The van der Waals surface area contributed by atoms with Crippen molar-refractivity contribution in [3.05, 3.63) is 130 Å². The largest absolute Gasteiger partial charge is 0.508 e. The molecule has 3 nitrogen and oxygen atoms in total. The molecule has 0 aliphatic heterocycles. The quantitative estimate of drug-likeness (QED) is 0.148. The average molecular weight is 509 g/mol. The van der Waals surface area contributed by atoms with Crippen molar-refractivity contribution in [1.29, 1.82) is 0 Å². The average Bonchev–Trinajstić information content (AvgIpc) is 2.89. The molecular formula is C33H36N2OS. The van der Waals surface area contributed by atoms with Gasteiger partial charge in [0.05, 0.1) is 6.54 Å². The van der Waals surface area contributed by atoms with Crippen molar-refractivity contribution < 1.29 is 5.11 Å². The third kappa shape index (κ3) is 7.74. The summed E-state index contributed by atoms with van der Waals surface area (Å²) in [6, 6.07) is 31.5. The van der Waals surface area contributed by atoms with Crippen LogP contribution in [0.4, 0.5) is 0 Å². The van der Waals surface area contributed by atoms with Crippen molar-refractivity contribution >= 4 is 16.9 Å². The standard InChI is InChI=1S/C33H36N2OS/c1-5-27-8-6-9-29(19-27)21-34-33(37-32-17-14-25(3)18-26(32)4)35(22-28-15-12-24(2)13-16-28)23-30-10-7-11-31(36)20-30/h6-20,36H,5,21-23H2,1-4H3. The molecule has 0 aliphatic carbocycles. The third-order valence-corrected chi connectivity index (χ3v) is 7.62. The Morgan fingerprint density at radius 2 is 1.41 bits per heavy atom. The lowest BCUT2D eigenvalue weighted by molar-refractivity contribution is 0.410. The van der Waals surface area contributed by atoms with Crippen molar-refractivity contribution in [1.82, 2.24) is 4.90 Å². The molecular weight excluding hydrogens is 472 g/mol. The lowest BCUT2D eigenvalue weighted by Gasteiger charge is -2.27. The Labute approximate surface area is 225 Å². The summed E-state index contributed by atoms with van der Waals surface area (Å²) in [6.45, 7) is 10.6. The molecule has 0 unspecified atom stereocenters. The van der Waals surface area contributed by atoms with E-state index in [1.807, 2.05) is 12.1 Å². The molecule has 0 aromatic heterocycles. The van der Waals surface area contributed by atoms with Gasteiger partial charge in [-0.3, -0.25) is 4.99 Å². The van der Waals surface area contributed by atoms with Crippen LogP contribution in [0.1, 0.15) is 45.9 Å². The Bertz CT molecular complexity index is 1360. The van der Waals surface area contributed by atoms with E-state index in [9.17, 15) is 5.11 Å². The molecule has 0 heterocycles. The minimum absolute atomic E-state index is 0.282. The second-order valence-corrected chi connectivity index (χ2v) is 10.7. The topological polar surface area (TPSA) is 35.8 Å². The van der Waals surface area contributed by atoms with E-state index in [0.717, 1.165) is 23.7 Å². The molecule has 0 spiro atoms. The van der Waals surface area contributed by atoms with Crippen LogP contribution in [0.3, 0.4) is 0 Å². The fourth-order valence-corrected chi connectivity index (χ4v) is 5.24. The summed E-state index contributed by atoms with van der Waals surface area (Å²) in [7, 11) is 0. The number of hydrogen-bond acceptors (Lipinski definition) is 3. The number of phenols is 1. The van der Waals surface area contributed by atoms with Gasteiger partial charge in [-0.1, -0.05) is 103 Å². The molecule has 0 amide bonds. The summed E-state index contributed by atoms with van der Waals surface area (Å²) < 4.78 is 0. The van der Waals surface area contributed by atoms with Crippen LogP contribution in [0.15, 0.2) is 101 Å². The summed E-state index contributed by atoms with van der Waals surface area (Å²) in [6.07, 6.45) is 1.01. The predicted octanol–water partition coefficient (Wildman–Crippen LogP) is 8.23. The first-order valence-electron chi connectivity index (χ1n) is 12.9. The van der Waals surface area contributed by atoms with Crippen molar-refractivity contribution in [2.45, 2.75) is 58.6 Å². The van der Waals surface area contributed by atoms with Gasteiger partial charge >= 0.3 is 0 Å². The number of benzene rings is 4. The monoisotopic (exact) mass is 508 g/mol. The summed E-state index contributed by atoms with van der Waals surface area (Å²) >= 11 is 1.72. The van der Waals surface area contributed by atoms with Crippen LogP contribution < -0.4 is 0 Å². The highest BCUT2D eigenvalue weighted by Gasteiger charge is 2.17. The zero-order chi connectivity index (χ0) is 26.2. The van der Waals surface area contributed by atoms with Crippen LogP contribution in [-0.2, 0) is 26.1 Å². The molecule has 4 heteroatoms. The number of nitrogens with zero attached hydrogens (tertiary/aromatic N) is 2. The molecule has 1 N–H and O–H groups in total. The molecule has 37 heavy (non-hydrogen) atoms. The number of thioether (sulfide) groups is 1. The van der Waals surface area contributed by atoms with E-state index < -0.39 is 0 Å². The zero-order valence-corrected chi connectivity index (χ0v) is 23.1. The first-order chi connectivity index (χ1) is 17.9. The van der Waals surface area contributed by atoms with Crippen molar-refractivity contribution in [3.63, 3.8) is 0 Å². The van der Waals surface area contributed by atoms with Gasteiger partial charge in [0.2, 0.25) is 0 Å². The Morgan fingerprint density at radius 1 is 0.730 bits per heavy atom. The zero-order valence-electron chi connectivity index (χ0n) is 22.2. The van der Waals surface area contributed by atoms with Crippen LogP contribution in [0.25, 0.3) is 0 Å². The number of aromatic hydroxyl groups is 1. The second kappa shape index (κ2) is 12.6. The Kier molecular flexibility index (Phi) is 9.08. The SMILES string of the molecule is CCc1cccc(CN=C(Sc2ccc(C)cc2C)N(Cc2ccc(C)cc2)Cc2cccc(O)c2)c1. The molecule has 190 valence electrons. The minimum Gasteiger partial charge on any atom is -0.508 e. The number of amidine groups is 1. The lowest BCUT2D eigenvalue weighted by Crippen LogP contribution is -2.28. The van der Waals surface area contributed by atoms with Crippen LogP contribution in [-0.4, -0.2) is 15.2 Å². The molecule has 0 radical (unpaired) electrons. The molecule has 0 fully saturated rings. The molecule has 0 bridgehead atoms. The van der Waals surface area contributed by atoms with Gasteiger partial charge in [0.15, 0.2) is 5.17 Å². The number of phenolic OH excluding ortho intramolecular Hbond substituents is 1. The first kappa shape index (κ1) is 26.6. The van der Waals surface area contributed by atoms with Gasteiger partial charge in [-0.15, -0.1) is 0 Å². The number of hydrogen-bond donors (Lipinski definition) is 1. The fourth-order valence-electron chi connectivity index (χ4n) is 4.30. The van der Waals surface area contributed by atoms with E-state index in [1.165, 1.54) is 38.3 Å². The molecule has 4 aromatic rings. The van der Waals surface area contributed by atoms with Gasteiger partial charge < -0.3 is 10.0 Å².